The number of nitrogens with zero attached hydrogens (tertiary/aromatic N) is 4. The van der Waals surface area contributed by atoms with Crippen LogP contribution in [-0.2, 0) is 6.54 Å². The number of imidazole rings is 1. The molecule has 0 bridgehead atoms. The zero-order valence-electron chi connectivity index (χ0n) is 15.4. The first-order valence-corrected chi connectivity index (χ1v) is 8.62. The van der Waals surface area contributed by atoms with Crippen LogP contribution in [0.2, 0.25) is 0 Å². The number of ether oxygens (including phenoxy) is 2. The van der Waals surface area contributed by atoms with Crippen LogP contribution >= 0.6 is 24.8 Å². The van der Waals surface area contributed by atoms with Crippen molar-refractivity contribution in [3.63, 3.8) is 0 Å². The van der Waals surface area contributed by atoms with Crippen LogP contribution in [0.5, 0.6) is 11.8 Å². The molecule has 0 radical (unpaired) electrons. The quantitative estimate of drug-likeness (QED) is 0.572. The van der Waals surface area contributed by atoms with Crippen molar-refractivity contribution in [1.82, 2.24) is 14.9 Å². The van der Waals surface area contributed by atoms with Crippen molar-refractivity contribution in [3.8, 4) is 11.8 Å². The van der Waals surface area contributed by atoms with Gasteiger partial charge >= 0.3 is 11.8 Å². The number of aromatic nitrogens is 2. The summed E-state index contributed by atoms with van der Waals surface area (Å²) in [5, 5.41) is 14.1. The van der Waals surface area contributed by atoms with E-state index in [1.165, 1.54) is 11.9 Å². The van der Waals surface area contributed by atoms with Crippen LogP contribution < -0.4 is 19.7 Å². The minimum atomic E-state index is -0.603. The van der Waals surface area contributed by atoms with Crippen LogP contribution in [-0.4, -0.2) is 52.9 Å². The van der Waals surface area contributed by atoms with Crippen LogP contribution in [0.25, 0.3) is 0 Å². The number of hydrogen-bond acceptors (Lipinski definition) is 7. The first kappa shape index (κ1) is 22.1. The minimum absolute atomic E-state index is 0. The molecule has 1 atom stereocenters. The number of benzene rings is 1. The van der Waals surface area contributed by atoms with Gasteiger partial charge in [0.15, 0.2) is 5.60 Å². The lowest BCUT2D eigenvalue weighted by molar-refractivity contribution is -0.389. The monoisotopic (exact) mass is 431 g/mol. The molecule has 4 rings (SSSR count). The maximum absolute atomic E-state index is 10.8. The van der Waals surface area contributed by atoms with E-state index in [0.29, 0.717) is 13.2 Å². The van der Waals surface area contributed by atoms with E-state index in [1.54, 1.807) is 4.57 Å². The van der Waals surface area contributed by atoms with Gasteiger partial charge in [0.2, 0.25) is 0 Å². The molecule has 2 aliphatic heterocycles. The van der Waals surface area contributed by atoms with Crippen LogP contribution in [0.3, 0.4) is 0 Å². The maximum Gasteiger partial charge on any atom is 0.415 e. The number of halogens is 2. The van der Waals surface area contributed by atoms with Crippen LogP contribution in [0, 0.1) is 10.1 Å². The standard InChI is InChI=1S/C17H21N5O4.2ClH/c1-17(11-21-10-15(22(23)24)19-16(21)26-17)12-25-14-4-2-13(3-5-14)20-8-6-18-7-9-20;;/h2-5,10,18H,6-9,11-12H2,1H3;2*1H/t17-;;/m1../s1. The number of nitrogens with one attached hydrogen (secondary N) is 1. The second kappa shape index (κ2) is 8.85. The van der Waals surface area contributed by atoms with E-state index in [1.807, 2.05) is 19.1 Å². The Labute approximate surface area is 175 Å². The smallest absolute Gasteiger partial charge is 0.415 e. The van der Waals surface area contributed by atoms with E-state index >= 15 is 0 Å². The van der Waals surface area contributed by atoms with E-state index in [0.717, 1.165) is 31.9 Å². The highest BCUT2D eigenvalue weighted by Gasteiger charge is 2.41. The molecule has 9 nitrogen and oxygen atoms in total. The molecular weight excluding hydrogens is 409 g/mol. The summed E-state index contributed by atoms with van der Waals surface area (Å²) in [6.45, 7) is 6.71. The molecule has 1 fully saturated rings. The van der Waals surface area contributed by atoms with E-state index < -0.39 is 10.5 Å². The molecule has 1 saturated heterocycles. The zero-order valence-corrected chi connectivity index (χ0v) is 17.0. The van der Waals surface area contributed by atoms with Crippen molar-refractivity contribution in [2.24, 2.45) is 0 Å². The molecule has 0 aliphatic carbocycles. The Hall–Kier alpha value is -2.23. The van der Waals surface area contributed by atoms with Gasteiger partial charge in [-0.05, 0) is 36.1 Å². The normalized spacial score (nSPS) is 20.4. The van der Waals surface area contributed by atoms with Crippen molar-refractivity contribution in [3.05, 3.63) is 40.6 Å². The van der Waals surface area contributed by atoms with Gasteiger partial charge in [-0.1, -0.05) is 0 Å². The largest absolute Gasteiger partial charge is 0.489 e. The summed E-state index contributed by atoms with van der Waals surface area (Å²) in [5.74, 6) is 0.565. The average molecular weight is 432 g/mol. The lowest BCUT2D eigenvalue weighted by Gasteiger charge is -2.29. The number of piperazine rings is 1. The van der Waals surface area contributed by atoms with Crippen molar-refractivity contribution in [2.45, 2.75) is 19.1 Å². The number of rotatable bonds is 5. The summed E-state index contributed by atoms with van der Waals surface area (Å²) in [4.78, 5) is 16.5. The van der Waals surface area contributed by atoms with Crippen LogP contribution in [0.4, 0.5) is 11.5 Å². The van der Waals surface area contributed by atoms with Gasteiger partial charge in [0.1, 0.15) is 18.6 Å². The average Bonchev–Trinajstić information content (AvgIpc) is 3.17. The molecule has 154 valence electrons. The topological polar surface area (TPSA) is 94.7 Å². The molecule has 2 aromatic rings. The molecule has 1 N–H and O–H groups in total. The van der Waals surface area contributed by atoms with Gasteiger partial charge in [-0.25, -0.2) is 0 Å². The molecule has 0 spiro atoms. The van der Waals surface area contributed by atoms with Gasteiger partial charge in [0.25, 0.3) is 0 Å². The summed E-state index contributed by atoms with van der Waals surface area (Å²) >= 11 is 0. The molecule has 0 amide bonds. The highest BCUT2D eigenvalue weighted by Crippen LogP contribution is 2.31. The lowest BCUT2D eigenvalue weighted by atomic mass is 10.1. The third kappa shape index (κ3) is 4.60. The van der Waals surface area contributed by atoms with Crippen molar-refractivity contribution in [2.75, 3.05) is 37.7 Å². The number of nitro groups is 1. The second-order valence-corrected chi connectivity index (χ2v) is 6.84. The van der Waals surface area contributed by atoms with Crippen LogP contribution in [0.15, 0.2) is 30.5 Å². The summed E-state index contributed by atoms with van der Waals surface area (Å²) < 4.78 is 13.3. The van der Waals surface area contributed by atoms with Gasteiger partial charge in [-0.3, -0.25) is 4.57 Å². The first-order chi connectivity index (χ1) is 12.5. The molecule has 28 heavy (non-hydrogen) atoms. The van der Waals surface area contributed by atoms with E-state index in [-0.39, 0.29) is 36.6 Å². The molecule has 2 aliphatic rings. The molecule has 1 aromatic carbocycles. The Morgan fingerprint density at radius 1 is 1.29 bits per heavy atom. The first-order valence-electron chi connectivity index (χ1n) is 8.62. The second-order valence-electron chi connectivity index (χ2n) is 6.84. The third-order valence-corrected chi connectivity index (χ3v) is 4.62. The molecule has 3 heterocycles. The van der Waals surface area contributed by atoms with E-state index in [2.05, 4.69) is 27.3 Å². The molecular formula is C17H23Cl2N5O4. The Kier molecular flexibility index (Phi) is 6.97. The Bertz CT molecular complexity index is 785. The third-order valence-electron chi connectivity index (χ3n) is 4.62. The van der Waals surface area contributed by atoms with E-state index in [9.17, 15) is 10.1 Å². The van der Waals surface area contributed by atoms with E-state index in [4.69, 9.17) is 9.47 Å². The van der Waals surface area contributed by atoms with Gasteiger partial charge in [-0.2, -0.15) is 0 Å². The van der Waals surface area contributed by atoms with Crippen molar-refractivity contribution in [1.29, 1.82) is 0 Å². The number of fused-ring (bicyclic) bond motifs is 1. The predicted molar refractivity (Wildman–Crippen MR) is 109 cm³/mol. The molecule has 0 unspecified atom stereocenters. The van der Waals surface area contributed by atoms with Crippen LogP contribution in [0.1, 0.15) is 6.92 Å². The highest BCUT2D eigenvalue weighted by atomic mass is 35.5. The van der Waals surface area contributed by atoms with Crippen molar-refractivity contribution < 1.29 is 14.4 Å². The fourth-order valence-electron chi connectivity index (χ4n) is 3.27. The summed E-state index contributed by atoms with van der Waals surface area (Å²) in [6, 6.07) is 8.30. The van der Waals surface area contributed by atoms with Gasteiger partial charge in [0.05, 0.1) is 6.54 Å². The van der Waals surface area contributed by atoms with Gasteiger partial charge in [-0.15, -0.1) is 24.8 Å². The molecule has 0 saturated carbocycles. The zero-order chi connectivity index (χ0) is 18.1. The van der Waals surface area contributed by atoms with Gasteiger partial charge in [0, 0.05) is 36.9 Å². The highest BCUT2D eigenvalue weighted by molar-refractivity contribution is 5.85. The Morgan fingerprint density at radius 2 is 1.96 bits per heavy atom. The lowest BCUT2D eigenvalue weighted by Crippen LogP contribution is -2.43. The molecule has 1 aromatic heterocycles. The fraction of sp³-hybridized carbons (Fsp3) is 0.471. The fourth-order valence-corrected chi connectivity index (χ4v) is 3.27. The number of hydrogen-bond donors (Lipinski definition) is 1. The summed E-state index contributed by atoms with van der Waals surface area (Å²) in [5.41, 5.74) is 0.587. The maximum atomic E-state index is 10.8. The van der Waals surface area contributed by atoms with Gasteiger partial charge < -0.3 is 29.8 Å². The molecule has 11 heteroatoms. The summed E-state index contributed by atoms with van der Waals surface area (Å²) in [6.07, 6.45) is 1.39. The minimum Gasteiger partial charge on any atom is -0.489 e. The SMILES string of the molecule is C[C@]1(COc2ccc(N3CCNCC3)cc2)Cn2cc([N+](=O)[O-])nc2O1.Cl.Cl. The van der Waals surface area contributed by atoms with Crippen molar-refractivity contribution >= 4 is 36.3 Å². The predicted octanol–water partition coefficient (Wildman–Crippen LogP) is 2.27. The number of anilines is 1. The Morgan fingerprint density at radius 3 is 2.57 bits per heavy atom. The Balaban J connectivity index is 0.00000140. The summed E-state index contributed by atoms with van der Waals surface area (Å²) in [7, 11) is 0.